The minimum Gasteiger partial charge on any atom is -0.489 e. The molecule has 0 saturated heterocycles. The van der Waals surface area contributed by atoms with Crippen LogP contribution in [-0.2, 0) is 12.8 Å². The standard InChI is InChI=1S/C27H26O2/c1-21-20-24-14-8-9-15-25(24)27(29-19-17-23-12-6-3-7-13-23)26(21)28-18-16-22-10-4-2-5-11-22/h2-15,20H,16-19H2,1H3. The zero-order valence-electron chi connectivity index (χ0n) is 16.8. The molecule has 0 N–H and O–H groups in total. The highest BCUT2D eigenvalue weighted by atomic mass is 16.5. The Morgan fingerprint density at radius 1 is 0.586 bits per heavy atom. The second-order valence-corrected chi connectivity index (χ2v) is 7.24. The van der Waals surface area contributed by atoms with Crippen LogP contribution in [-0.4, -0.2) is 13.2 Å². The highest BCUT2D eigenvalue weighted by Crippen LogP contribution is 2.39. The summed E-state index contributed by atoms with van der Waals surface area (Å²) in [5.41, 5.74) is 3.65. The molecule has 4 aromatic carbocycles. The summed E-state index contributed by atoms with van der Waals surface area (Å²) >= 11 is 0. The summed E-state index contributed by atoms with van der Waals surface area (Å²) < 4.78 is 12.6. The minimum absolute atomic E-state index is 0.618. The fourth-order valence-corrected chi connectivity index (χ4v) is 3.58. The third kappa shape index (κ3) is 4.78. The summed E-state index contributed by atoms with van der Waals surface area (Å²) in [6, 6.07) is 31.4. The van der Waals surface area contributed by atoms with Crippen LogP contribution in [0.15, 0.2) is 91.0 Å². The third-order valence-electron chi connectivity index (χ3n) is 5.10. The van der Waals surface area contributed by atoms with Crippen molar-refractivity contribution in [1.82, 2.24) is 0 Å². The van der Waals surface area contributed by atoms with Crippen molar-refractivity contribution in [2.24, 2.45) is 0 Å². The topological polar surface area (TPSA) is 18.5 Å². The Balaban J connectivity index is 1.54. The van der Waals surface area contributed by atoms with Crippen molar-refractivity contribution < 1.29 is 9.47 Å². The van der Waals surface area contributed by atoms with Crippen molar-refractivity contribution in [2.75, 3.05) is 13.2 Å². The van der Waals surface area contributed by atoms with Crippen LogP contribution < -0.4 is 9.47 Å². The molecule has 0 bridgehead atoms. The molecule has 0 aromatic heterocycles. The first-order valence-corrected chi connectivity index (χ1v) is 10.2. The lowest BCUT2D eigenvalue weighted by Gasteiger charge is -2.18. The fourth-order valence-electron chi connectivity index (χ4n) is 3.58. The number of hydrogen-bond acceptors (Lipinski definition) is 2. The predicted octanol–water partition coefficient (Wildman–Crippen LogP) is 6.39. The first-order chi connectivity index (χ1) is 14.3. The fraction of sp³-hybridized carbons (Fsp3) is 0.185. The average Bonchev–Trinajstić information content (AvgIpc) is 2.77. The quantitative estimate of drug-likeness (QED) is 0.351. The SMILES string of the molecule is Cc1cc2ccccc2c(OCCc2ccccc2)c1OCCc1ccccc1. The number of hydrogen-bond donors (Lipinski definition) is 0. The van der Waals surface area contributed by atoms with Gasteiger partial charge in [0.1, 0.15) is 0 Å². The van der Waals surface area contributed by atoms with Crippen LogP contribution >= 0.6 is 0 Å². The zero-order valence-corrected chi connectivity index (χ0v) is 16.8. The van der Waals surface area contributed by atoms with Gasteiger partial charge in [-0.05, 0) is 35.1 Å². The van der Waals surface area contributed by atoms with Crippen molar-refractivity contribution in [3.05, 3.63) is 108 Å². The Morgan fingerprint density at radius 2 is 1.10 bits per heavy atom. The van der Waals surface area contributed by atoms with E-state index in [9.17, 15) is 0 Å². The molecule has 0 amide bonds. The van der Waals surface area contributed by atoms with Crippen molar-refractivity contribution in [3.63, 3.8) is 0 Å². The van der Waals surface area contributed by atoms with E-state index in [0.717, 1.165) is 35.3 Å². The maximum absolute atomic E-state index is 6.31. The van der Waals surface area contributed by atoms with Gasteiger partial charge in [0.15, 0.2) is 11.5 Å². The van der Waals surface area contributed by atoms with E-state index >= 15 is 0 Å². The molecular formula is C27H26O2. The van der Waals surface area contributed by atoms with Crippen molar-refractivity contribution >= 4 is 10.8 Å². The highest BCUT2D eigenvalue weighted by Gasteiger charge is 2.14. The zero-order chi connectivity index (χ0) is 19.9. The van der Waals surface area contributed by atoms with Crippen LogP contribution in [0.4, 0.5) is 0 Å². The minimum atomic E-state index is 0.618. The molecule has 4 aromatic rings. The smallest absolute Gasteiger partial charge is 0.169 e. The predicted molar refractivity (Wildman–Crippen MR) is 120 cm³/mol. The lowest BCUT2D eigenvalue weighted by molar-refractivity contribution is 0.273. The van der Waals surface area contributed by atoms with Gasteiger partial charge in [0.2, 0.25) is 0 Å². The van der Waals surface area contributed by atoms with E-state index in [0.29, 0.717) is 13.2 Å². The van der Waals surface area contributed by atoms with Crippen molar-refractivity contribution in [3.8, 4) is 11.5 Å². The second-order valence-electron chi connectivity index (χ2n) is 7.24. The summed E-state index contributed by atoms with van der Waals surface area (Å²) in [5, 5.41) is 2.27. The summed E-state index contributed by atoms with van der Waals surface area (Å²) in [4.78, 5) is 0. The molecule has 2 heteroatoms. The van der Waals surface area contributed by atoms with Crippen LogP contribution in [0, 0.1) is 6.92 Å². The monoisotopic (exact) mass is 382 g/mol. The van der Waals surface area contributed by atoms with Gasteiger partial charge in [-0.25, -0.2) is 0 Å². The second kappa shape index (κ2) is 9.29. The van der Waals surface area contributed by atoms with E-state index in [-0.39, 0.29) is 0 Å². The highest BCUT2D eigenvalue weighted by molar-refractivity contribution is 5.91. The average molecular weight is 383 g/mol. The van der Waals surface area contributed by atoms with E-state index in [1.165, 1.54) is 16.5 Å². The Morgan fingerprint density at radius 3 is 1.72 bits per heavy atom. The molecule has 0 aliphatic heterocycles. The van der Waals surface area contributed by atoms with Gasteiger partial charge in [0.05, 0.1) is 13.2 Å². The summed E-state index contributed by atoms with van der Waals surface area (Å²) in [7, 11) is 0. The summed E-state index contributed by atoms with van der Waals surface area (Å²) in [5.74, 6) is 1.71. The molecule has 29 heavy (non-hydrogen) atoms. The first kappa shape index (κ1) is 19.1. The van der Waals surface area contributed by atoms with Crippen LogP contribution in [0.3, 0.4) is 0 Å². The third-order valence-corrected chi connectivity index (χ3v) is 5.10. The number of rotatable bonds is 8. The largest absolute Gasteiger partial charge is 0.489 e. The molecule has 4 rings (SSSR count). The molecule has 0 aliphatic rings. The van der Waals surface area contributed by atoms with E-state index in [1.54, 1.807) is 0 Å². The summed E-state index contributed by atoms with van der Waals surface area (Å²) in [6.07, 6.45) is 1.74. The molecule has 146 valence electrons. The first-order valence-electron chi connectivity index (χ1n) is 10.2. The van der Waals surface area contributed by atoms with Gasteiger partial charge in [-0.3, -0.25) is 0 Å². The van der Waals surface area contributed by atoms with Crippen LogP contribution in [0.1, 0.15) is 16.7 Å². The van der Waals surface area contributed by atoms with Gasteiger partial charge < -0.3 is 9.47 Å². The van der Waals surface area contributed by atoms with Crippen molar-refractivity contribution in [2.45, 2.75) is 19.8 Å². The normalized spacial score (nSPS) is 10.8. The molecule has 0 unspecified atom stereocenters. The molecule has 0 radical (unpaired) electrons. The maximum Gasteiger partial charge on any atom is 0.169 e. The van der Waals surface area contributed by atoms with Crippen molar-refractivity contribution in [1.29, 1.82) is 0 Å². The molecule has 0 spiro atoms. The maximum atomic E-state index is 6.31. The summed E-state index contributed by atoms with van der Waals surface area (Å²) in [6.45, 7) is 3.33. The van der Waals surface area contributed by atoms with Gasteiger partial charge >= 0.3 is 0 Å². The molecule has 0 saturated carbocycles. The Kier molecular flexibility index (Phi) is 6.11. The van der Waals surface area contributed by atoms with E-state index in [4.69, 9.17) is 9.47 Å². The lowest BCUT2D eigenvalue weighted by Crippen LogP contribution is -2.07. The molecular weight excluding hydrogens is 356 g/mol. The van der Waals surface area contributed by atoms with Crippen LogP contribution in [0.5, 0.6) is 11.5 Å². The molecule has 0 aliphatic carbocycles. The van der Waals surface area contributed by atoms with Gasteiger partial charge in [-0.1, -0.05) is 84.9 Å². The molecule has 0 fully saturated rings. The lowest BCUT2D eigenvalue weighted by atomic mass is 10.0. The van der Waals surface area contributed by atoms with Crippen LogP contribution in [0.2, 0.25) is 0 Å². The Labute approximate surface area is 172 Å². The van der Waals surface area contributed by atoms with Gasteiger partial charge in [0.25, 0.3) is 0 Å². The Hall–Kier alpha value is -3.26. The number of aryl methyl sites for hydroxylation is 1. The molecule has 0 atom stereocenters. The van der Waals surface area contributed by atoms with E-state index < -0.39 is 0 Å². The van der Waals surface area contributed by atoms with E-state index in [2.05, 4.69) is 85.8 Å². The Bertz CT molecular complexity index is 1060. The van der Waals surface area contributed by atoms with Gasteiger partial charge in [-0.2, -0.15) is 0 Å². The van der Waals surface area contributed by atoms with Gasteiger partial charge in [-0.15, -0.1) is 0 Å². The molecule has 2 nitrogen and oxygen atoms in total. The van der Waals surface area contributed by atoms with Crippen LogP contribution in [0.25, 0.3) is 10.8 Å². The number of benzene rings is 4. The van der Waals surface area contributed by atoms with Gasteiger partial charge in [0, 0.05) is 18.2 Å². The molecule has 0 heterocycles. The number of ether oxygens (including phenoxy) is 2. The van der Waals surface area contributed by atoms with E-state index in [1.807, 2.05) is 12.1 Å². The number of fused-ring (bicyclic) bond motifs is 1.